The number of rotatable bonds is 10. The molecule has 0 spiro atoms. The molecule has 3 aromatic rings. The Hall–Kier alpha value is -4.09. The number of imide groups is 1. The van der Waals surface area contributed by atoms with Crippen molar-refractivity contribution in [2.24, 2.45) is 17.8 Å². The number of aliphatic hydroxyl groups is 2. The molecule has 2 aromatic carbocycles. The largest absolute Gasteiger partial charge is 0.507 e. The third-order valence-corrected chi connectivity index (χ3v) is 9.13. The molecule has 45 heavy (non-hydrogen) atoms. The van der Waals surface area contributed by atoms with Gasteiger partial charge in [0.1, 0.15) is 5.75 Å². The minimum atomic E-state index is -1.76. The molecule has 2 amide bonds. The Labute approximate surface area is 263 Å². The van der Waals surface area contributed by atoms with E-state index in [4.69, 9.17) is 0 Å². The van der Waals surface area contributed by atoms with Crippen LogP contribution in [0.15, 0.2) is 71.9 Å². The van der Waals surface area contributed by atoms with Gasteiger partial charge < -0.3 is 25.4 Å². The Balaban J connectivity index is 1.44. The summed E-state index contributed by atoms with van der Waals surface area (Å²) >= 11 is 0. The van der Waals surface area contributed by atoms with Crippen LogP contribution in [-0.4, -0.2) is 62.0 Å². The molecule has 10 heteroatoms. The number of benzene rings is 2. The highest BCUT2D eigenvalue weighted by atomic mass is 16.4. The highest BCUT2D eigenvalue weighted by molar-refractivity contribution is 6.58. The molecule has 5 rings (SSSR count). The first-order valence-electron chi connectivity index (χ1n) is 15.3. The monoisotopic (exact) mass is 610 g/mol. The van der Waals surface area contributed by atoms with Crippen molar-refractivity contribution in [3.05, 3.63) is 94.3 Å². The van der Waals surface area contributed by atoms with Crippen molar-refractivity contribution in [2.75, 3.05) is 11.5 Å². The van der Waals surface area contributed by atoms with Gasteiger partial charge in [-0.3, -0.25) is 19.5 Å². The second-order valence-corrected chi connectivity index (χ2v) is 12.0. The molecular formula is C35H39BN2O7. The topological polar surface area (TPSA) is 151 Å². The number of carbonyl (C=O) groups excluding carboxylic acids is 2. The van der Waals surface area contributed by atoms with Gasteiger partial charge in [0.15, 0.2) is 0 Å². The molecule has 0 unspecified atom stereocenters. The molecule has 1 aliphatic carbocycles. The molecule has 1 aliphatic heterocycles. The highest BCUT2D eigenvalue weighted by Gasteiger charge is 2.55. The van der Waals surface area contributed by atoms with Gasteiger partial charge in [-0.25, -0.2) is 0 Å². The summed E-state index contributed by atoms with van der Waals surface area (Å²) in [6, 6.07) is 15.4. The van der Waals surface area contributed by atoms with Crippen LogP contribution in [0.25, 0.3) is 11.6 Å². The maximum Gasteiger partial charge on any atom is 0.488 e. The summed E-state index contributed by atoms with van der Waals surface area (Å²) in [5, 5.41) is 51.9. The number of aromatic hydroxyl groups is 1. The van der Waals surface area contributed by atoms with E-state index >= 15 is 0 Å². The Kier molecular flexibility index (Phi) is 9.69. The third kappa shape index (κ3) is 6.37. The van der Waals surface area contributed by atoms with E-state index in [1.54, 1.807) is 18.3 Å². The predicted octanol–water partition coefficient (Wildman–Crippen LogP) is 3.29. The number of aliphatic hydroxyl groups excluding tert-OH is 2. The molecule has 1 saturated heterocycles. The number of anilines is 1. The maximum absolute atomic E-state index is 13.8. The number of nitrogens with zero attached hydrogens (tertiary/aromatic N) is 2. The first-order chi connectivity index (χ1) is 21.5. The minimum Gasteiger partial charge on any atom is -0.507 e. The second-order valence-electron chi connectivity index (χ2n) is 12.0. The summed E-state index contributed by atoms with van der Waals surface area (Å²) in [4.78, 5) is 33.1. The van der Waals surface area contributed by atoms with Crippen LogP contribution in [0.2, 0.25) is 0 Å². The average molecular weight is 611 g/mol. The van der Waals surface area contributed by atoms with Gasteiger partial charge in [0, 0.05) is 12.1 Å². The Morgan fingerprint density at radius 1 is 1.07 bits per heavy atom. The number of hydrogen-bond acceptors (Lipinski definition) is 8. The summed E-state index contributed by atoms with van der Waals surface area (Å²) in [6.07, 6.45) is 4.32. The van der Waals surface area contributed by atoms with Gasteiger partial charge in [0.05, 0.1) is 35.9 Å². The van der Waals surface area contributed by atoms with Crippen LogP contribution in [0, 0.1) is 31.6 Å². The minimum absolute atomic E-state index is 0.152. The van der Waals surface area contributed by atoms with Gasteiger partial charge in [0.25, 0.3) is 0 Å². The van der Waals surface area contributed by atoms with Crippen LogP contribution in [0.1, 0.15) is 55.0 Å². The molecule has 1 fully saturated rings. The quantitative estimate of drug-likeness (QED) is 0.133. The molecule has 2 aliphatic rings. The number of phenols is 1. The number of amides is 2. The van der Waals surface area contributed by atoms with Crippen LogP contribution in [-0.2, 0) is 9.59 Å². The zero-order valence-electron chi connectivity index (χ0n) is 25.7. The molecule has 0 bridgehead atoms. The van der Waals surface area contributed by atoms with E-state index in [-0.39, 0.29) is 16.9 Å². The van der Waals surface area contributed by atoms with Gasteiger partial charge in [-0.05, 0) is 115 Å². The van der Waals surface area contributed by atoms with E-state index in [0.29, 0.717) is 31.3 Å². The number of phenolic OH excluding ortho intramolecular Hbond substituents is 1. The lowest BCUT2D eigenvalue weighted by Gasteiger charge is -2.36. The molecule has 234 valence electrons. The smallest absolute Gasteiger partial charge is 0.488 e. The number of pyridine rings is 1. The van der Waals surface area contributed by atoms with E-state index in [2.05, 4.69) is 4.98 Å². The fourth-order valence-corrected chi connectivity index (χ4v) is 6.93. The summed E-state index contributed by atoms with van der Waals surface area (Å²) in [5.74, 6) is -2.89. The average Bonchev–Trinajstić information content (AvgIpc) is 3.29. The Morgan fingerprint density at radius 3 is 2.42 bits per heavy atom. The van der Waals surface area contributed by atoms with E-state index in [1.807, 2.05) is 57.2 Å². The van der Waals surface area contributed by atoms with Crippen molar-refractivity contribution in [2.45, 2.75) is 52.6 Å². The van der Waals surface area contributed by atoms with Crippen molar-refractivity contribution >= 4 is 41.7 Å². The van der Waals surface area contributed by atoms with Gasteiger partial charge in [-0.15, -0.1) is 0 Å². The molecule has 9 nitrogen and oxygen atoms in total. The number of aryl methyl sites for hydroxylation is 2. The predicted molar refractivity (Wildman–Crippen MR) is 173 cm³/mol. The van der Waals surface area contributed by atoms with E-state index in [9.17, 15) is 35.0 Å². The summed E-state index contributed by atoms with van der Waals surface area (Å²) in [7, 11) is -1.76. The summed E-state index contributed by atoms with van der Waals surface area (Å²) in [5.41, 5.74) is 5.91. The van der Waals surface area contributed by atoms with Crippen LogP contribution in [0.3, 0.4) is 0 Å². The van der Waals surface area contributed by atoms with Crippen LogP contribution in [0.5, 0.6) is 5.75 Å². The van der Waals surface area contributed by atoms with Crippen LogP contribution >= 0.6 is 0 Å². The number of carbonyl (C=O) groups is 2. The molecule has 0 saturated carbocycles. The zero-order valence-corrected chi connectivity index (χ0v) is 25.7. The van der Waals surface area contributed by atoms with E-state index in [0.717, 1.165) is 38.4 Å². The lowest BCUT2D eigenvalue weighted by atomic mass is 9.67. The SMILES string of the molecule is CCC1=C([C@H](O)CC/C(=C/c2cc(C)c(O)c(C)c2)c2ccccn2)[C@H](CO)[C@@H]2C(=O)N(c3cccc(B(O)O)c3)C(=O)[C@@H]2C1. The van der Waals surface area contributed by atoms with Gasteiger partial charge in [-0.2, -0.15) is 0 Å². The molecule has 1 aromatic heterocycles. The molecule has 4 atom stereocenters. The van der Waals surface area contributed by atoms with Crippen LogP contribution < -0.4 is 10.4 Å². The maximum atomic E-state index is 13.8. The fraction of sp³-hybridized carbons (Fsp3) is 0.343. The number of fused-ring (bicyclic) bond motifs is 1. The van der Waals surface area contributed by atoms with E-state index in [1.165, 1.54) is 12.1 Å². The van der Waals surface area contributed by atoms with Gasteiger partial charge in [0.2, 0.25) is 11.8 Å². The highest BCUT2D eigenvalue weighted by Crippen LogP contribution is 2.48. The standard InChI is InChI=1S/C35H39BN2O7/c1-4-23-17-27-32(35(43)38(34(27)42)26-9-7-8-25(18-26)36(44)45)28(19-39)31(23)30(40)12-11-24(29-10-5-6-13-37-29)16-22-14-20(2)33(41)21(3)15-22/h5-10,13-16,18,27-28,30,32,39-41,44-45H,4,11-12,17,19H2,1-3H3/b24-16-/t27-,28+,30-,32-/m1/s1. The lowest BCUT2D eigenvalue weighted by molar-refractivity contribution is -0.123. The first kappa shape index (κ1) is 32.3. The van der Waals surface area contributed by atoms with Crippen molar-refractivity contribution in [1.82, 2.24) is 4.98 Å². The lowest BCUT2D eigenvalue weighted by Crippen LogP contribution is -2.39. The van der Waals surface area contributed by atoms with E-state index < -0.39 is 49.4 Å². The molecule has 2 heterocycles. The Morgan fingerprint density at radius 2 is 1.80 bits per heavy atom. The second kappa shape index (κ2) is 13.5. The molecule has 0 radical (unpaired) electrons. The number of allylic oxidation sites excluding steroid dienone is 2. The van der Waals surface area contributed by atoms with Crippen molar-refractivity contribution < 1.29 is 35.0 Å². The van der Waals surface area contributed by atoms with Gasteiger partial charge >= 0.3 is 7.12 Å². The van der Waals surface area contributed by atoms with Crippen molar-refractivity contribution in [1.29, 1.82) is 0 Å². The molecular weight excluding hydrogens is 571 g/mol. The normalized spacial score (nSPS) is 20.9. The van der Waals surface area contributed by atoms with Crippen LogP contribution in [0.4, 0.5) is 5.69 Å². The van der Waals surface area contributed by atoms with Gasteiger partial charge in [-0.1, -0.05) is 30.7 Å². The fourth-order valence-electron chi connectivity index (χ4n) is 6.93. The van der Waals surface area contributed by atoms with Crippen molar-refractivity contribution in [3.8, 4) is 5.75 Å². The number of hydrogen-bond donors (Lipinski definition) is 5. The summed E-state index contributed by atoms with van der Waals surface area (Å²) in [6.45, 7) is 5.22. The third-order valence-electron chi connectivity index (χ3n) is 9.13. The van der Waals surface area contributed by atoms with Crippen molar-refractivity contribution in [3.63, 3.8) is 0 Å². The zero-order chi connectivity index (χ0) is 32.4. The number of aromatic nitrogens is 1. The molecule has 5 N–H and O–H groups in total. The summed E-state index contributed by atoms with van der Waals surface area (Å²) < 4.78 is 0. The first-order valence-corrected chi connectivity index (χ1v) is 15.3. The Bertz CT molecular complexity index is 1630.